The van der Waals surface area contributed by atoms with Crippen LogP contribution in [0.5, 0.6) is 0 Å². The van der Waals surface area contributed by atoms with Crippen molar-refractivity contribution in [3.05, 3.63) is 65.7 Å². The predicted molar refractivity (Wildman–Crippen MR) is 77.0 cm³/mol. The molecule has 0 bridgehead atoms. The number of hydrogen-bond acceptors (Lipinski definition) is 3. The topological polar surface area (TPSA) is 70.3 Å². The number of nitriles is 1. The average molecular weight is 284 g/mol. The summed E-state index contributed by atoms with van der Waals surface area (Å²) in [7, 11) is -3.70. The molecule has 0 unspecified atom stereocenters. The first-order valence-electron chi connectivity index (χ1n) is 5.93. The fourth-order valence-electron chi connectivity index (χ4n) is 1.60. The van der Waals surface area contributed by atoms with E-state index >= 15 is 0 Å². The van der Waals surface area contributed by atoms with Crippen molar-refractivity contribution in [1.29, 1.82) is 5.26 Å². The summed E-state index contributed by atoms with van der Waals surface area (Å²) in [5, 5.41) is 8.57. The van der Waals surface area contributed by atoms with Gasteiger partial charge in [0.05, 0.1) is 17.4 Å². The molecule has 0 amide bonds. The molecule has 0 aromatic heterocycles. The Bertz CT molecular complexity index is 743. The standard InChI is InChI=1S/C15H12N2O2S/c16-11-10-13-6-8-15(9-7-13)20(18,19)17-12-14-4-2-1-3-5-14/h1-9,12H,10H2/b17-12+. The summed E-state index contributed by atoms with van der Waals surface area (Å²) in [5.74, 6) is 0. The average Bonchev–Trinajstić information content (AvgIpc) is 2.47. The van der Waals surface area contributed by atoms with E-state index in [0.717, 1.165) is 11.1 Å². The summed E-state index contributed by atoms with van der Waals surface area (Å²) >= 11 is 0. The summed E-state index contributed by atoms with van der Waals surface area (Å²) in [6.45, 7) is 0. The van der Waals surface area contributed by atoms with Crippen molar-refractivity contribution in [3.63, 3.8) is 0 Å². The van der Waals surface area contributed by atoms with Gasteiger partial charge in [-0.3, -0.25) is 0 Å². The highest BCUT2D eigenvalue weighted by atomic mass is 32.2. The molecule has 0 spiro atoms. The van der Waals surface area contributed by atoms with E-state index in [9.17, 15) is 8.42 Å². The zero-order valence-electron chi connectivity index (χ0n) is 10.6. The molecule has 0 saturated carbocycles. The van der Waals surface area contributed by atoms with Crippen LogP contribution >= 0.6 is 0 Å². The molecule has 0 aliphatic carbocycles. The van der Waals surface area contributed by atoms with Crippen molar-refractivity contribution in [2.75, 3.05) is 0 Å². The van der Waals surface area contributed by atoms with E-state index in [2.05, 4.69) is 4.40 Å². The van der Waals surface area contributed by atoms with Gasteiger partial charge >= 0.3 is 0 Å². The number of sulfonamides is 1. The minimum Gasteiger partial charge on any atom is -0.199 e. The lowest BCUT2D eigenvalue weighted by Gasteiger charge is -2.00. The summed E-state index contributed by atoms with van der Waals surface area (Å²) in [4.78, 5) is 0.117. The fourth-order valence-corrected chi connectivity index (χ4v) is 2.46. The van der Waals surface area contributed by atoms with E-state index in [-0.39, 0.29) is 11.3 Å². The van der Waals surface area contributed by atoms with Crippen LogP contribution in [0.2, 0.25) is 0 Å². The Morgan fingerprint density at radius 1 is 1.05 bits per heavy atom. The summed E-state index contributed by atoms with van der Waals surface area (Å²) in [6, 6.07) is 17.2. The van der Waals surface area contributed by atoms with Gasteiger partial charge in [0.2, 0.25) is 0 Å². The van der Waals surface area contributed by atoms with Crippen molar-refractivity contribution in [2.45, 2.75) is 11.3 Å². The van der Waals surface area contributed by atoms with Gasteiger partial charge in [-0.05, 0) is 23.3 Å². The van der Waals surface area contributed by atoms with Crippen molar-refractivity contribution in [2.24, 2.45) is 4.40 Å². The van der Waals surface area contributed by atoms with Gasteiger partial charge in [0.1, 0.15) is 0 Å². The van der Waals surface area contributed by atoms with Crippen LogP contribution in [0.3, 0.4) is 0 Å². The second kappa shape index (κ2) is 6.13. The molecular weight excluding hydrogens is 272 g/mol. The van der Waals surface area contributed by atoms with E-state index in [1.165, 1.54) is 18.3 Å². The number of nitrogens with zero attached hydrogens (tertiary/aromatic N) is 2. The Balaban J connectivity index is 2.22. The maximum Gasteiger partial charge on any atom is 0.282 e. The van der Waals surface area contributed by atoms with E-state index in [1.807, 2.05) is 24.3 Å². The third-order valence-electron chi connectivity index (χ3n) is 2.64. The van der Waals surface area contributed by atoms with Crippen LogP contribution in [0.15, 0.2) is 63.9 Å². The van der Waals surface area contributed by atoms with Crippen LogP contribution < -0.4 is 0 Å². The van der Waals surface area contributed by atoms with E-state index in [1.54, 1.807) is 24.3 Å². The molecule has 0 atom stereocenters. The van der Waals surface area contributed by atoms with Crippen LogP contribution in [0.4, 0.5) is 0 Å². The maximum absolute atomic E-state index is 12.0. The van der Waals surface area contributed by atoms with Crippen LogP contribution in [-0.4, -0.2) is 14.6 Å². The molecule has 0 aliphatic rings. The molecule has 0 heterocycles. The Morgan fingerprint density at radius 2 is 1.70 bits per heavy atom. The highest BCUT2D eigenvalue weighted by molar-refractivity contribution is 7.90. The molecule has 2 aromatic rings. The molecule has 0 radical (unpaired) electrons. The Hall–Kier alpha value is -2.45. The van der Waals surface area contributed by atoms with Crippen LogP contribution in [0, 0.1) is 11.3 Å². The van der Waals surface area contributed by atoms with Crippen LogP contribution in [0.1, 0.15) is 11.1 Å². The number of hydrogen-bond donors (Lipinski definition) is 0. The second-order valence-corrected chi connectivity index (χ2v) is 5.73. The largest absolute Gasteiger partial charge is 0.282 e. The highest BCUT2D eigenvalue weighted by Gasteiger charge is 2.11. The van der Waals surface area contributed by atoms with Gasteiger partial charge in [-0.25, -0.2) is 0 Å². The third kappa shape index (κ3) is 3.53. The first kappa shape index (κ1) is 14.0. The molecule has 0 N–H and O–H groups in total. The van der Waals surface area contributed by atoms with Crippen LogP contribution in [0.25, 0.3) is 0 Å². The SMILES string of the molecule is N#CCc1ccc(S(=O)(=O)/N=C/c2ccccc2)cc1. The van der Waals surface area contributed by atoms with Gasteiger partial charge < -0.3 is 0 Å². The van der Waals surface area contributed by atoms with Gasteiger partial charge in [-0.15, -0.1) is 0 Å². The lowest BCUT2D eigenvalue weighted by Crippen LogP contribution is -1.98. The molecular formula is C15H12N2O2S. The Labute approximate surface area is 118 Å². The highest BCUT2D eigenvalue weighted by Crippen LogP contribution is 2.13. The number of benzene rings is 2. The first-order valence-corrected chi connectivity index (χ1v) is 7.37. The summed E-state index contributed by atoms with van der Waals surface area (Å²) in [5.41, 5.74) is 1.50. The normalized spacial score (nSPS) is 11.3. The zero-order chi connectivity index (χ0) is 14.4. The number of rotatable bonds is 4. The van der Waals surface area contributed by atoms with Crippen molar-refractivity contribution in [3.8, 4) is 6.07 Å². The van der Waals surface area contributed by atoms with Crippen molar-refractivity contribution in [1.82, 2.24) is 0 Å². The van der Waals surface area contributed by atoms with Crippen molar-refractivity contribution < 1.29 is 8.42 Å². The van der Waals surface area contributed by atoms with E-state index < -0.39 is 10.0 Å². The maximum atomic E-state index is 12.0. The quantitative estimate of drug-likeness (QED) is 0.810. The van der Waals surface area contributed by atoms with Gasteiger partial charge in [0, 0.05) is 6.21 Å². The minimum atomic E-state index is -3.70. The van der Waals surface area contributed by atoms with Crippen molar-refractivity contribution >= 4 is 16.2 Å². The molecule has 5 heteroatoms. The van der Waals surface area contributed by atoms with Gasteiger partial charge in [-0.2, -0.15) is 18.1 Å². The summed E-state index contributed by atoms with van der Waals surface area (Å²) in [6.07, 6.45) is 1.58. The molecule has 2 rings (SSSR count). The molecule has 20 heavy (non-hydrogen) atoms. The zero-order valence-corrected chi connectivity index (χ0v) is 11.4. The molecule has 2 aromatic carbocycles. The molecule has 0 aliphatic heterocycles. The minimum absolute atomic E-state index is 0.117. The van der Waals surface area contributed by atoms with Crippen LogP contribution in [-0.2, 0) is 16.4 Å². The van der Waals surface area contributed by atoms with Gasteiger partial charge in [0.25, 0.3) is 10.0 Å². The smallest absolute Gasteiger partial charge is 0.199 e. The van der Waals surface area contributed by atoms with E-state index in [4.69, 9.17) is 5.26 Å². The Kier molecular flexibility index (Phi) is 4.28. The second-order valence-electron chi connectivity index (χ2n) is 4.10. The molecule has 0 saturated heterocycles. The monoisotopic (exact) mass is 284 g/mol. The molecule has 4 nitrogen and oxygen atoms in total. The molecule has 100 valence electrons. The van der Waals surface area contributed by atoms with Gasteiger partial charge in [0.15, 0.2) is 0 Å². The lowest BCUT2D eigenvalue weighted by atomic mass is 10.2. The predicted octanol–water partition coefficient (Wildman–Crippen LogP) is 2.56. The first-order chi connectivity index (χ1) is 9.62. The van der Waals surface area contributed by atoms with Gasteiger partial charge in [-0.1, -0.05) is 42.5 Å². The summed E-state index contributed by atoms with van der Waals surface area (Å²) < 4.78 is 27.7. The Morgan fingerprint density at radius 3 is 2.30 bits per heavy atom. The van der Waals surface area contributed by atoms with E-state index in [0.29, 0.717) is 0 Å². The fraction of sp³-hybridized carbons (Fsp3) is 0.0667. The third-order valence-corrected chi connectivity index (χ3v) is 3.90. The molecule has 0 fully saturated rings. The lowest BCUT2D eigenvalue weighted by molar-refractivity contribution is 0.598.